The van der Waals surface area contributed by atoms with E-state index >= 15 is 0 Å². The molecule has 0 spiro atoms. The van der Waals surface area contributed by atoms with Crippen LogP contribution >= 0.6 is 0 Å². The van der Waals surface area contributed by atoms with Crippen molar-refractivity contribution >= 4 is 17.7 Å². The standard InChI is InChI=1S/C18H24N2O4/c1-11-9-15(12(2)19-11)16(21)10-24-18(23)14-5-7-20(8-6-14)17(22)13-3-4-13/h9,13-14,19H,3-8,10H2,1-2H3. The van der Waals surface area contributed by atoms with Crippen LogP contribution < -0.4 is 0 Å². The number of ether oxygens (including phenoxy) is 1. The fraction of sp³-hybridized carbons (Fsp3) is 0.611. The molecule has 2 heterocycles. The van der Waals surface area contributed by atoms with Gasteiger partial charge < -0.3 is 14.6 Å². The number of amides is 1. The molecule has 1 aromatic heterocycles. The summed E-state index contributed by atoms with van der Waals surface area (Å²) >= 11 is 0. The zero-order chi connectivity index (χ0) is 17.3. The first-order valence-corrected chi connectivity index (χ1v) is 8.60. The van der Waals surface area contributed by atoms with Crippen molar-refractivity contribution in [3.63, 3.8) is 0 Å². The van der Waals surface area contributed by atoms with E-state index in [9.17, 15) is 14.4 Å². The molecular weight excluding hydrogens is 308 g/mol. The van der Waals surface area contributed by atoms with Crippen LogP contribution in [0.15, 0.2) is 6.07 Å². The van der Waals surface area contributed by atoms with Crippen LogP contribution in [0.1, 0.15) is 47.4 Å². The first-order valence-electron chi connectivity index (χ1n) is 8.60. The first-order chi connectivity index (χ1) is 11.5. The average molecular weight is 332 g/mol. The van der Waals surface area contributed by atoms with E-state index in [-0.39, 0.29) is 36.1 Å². The lowest BCUT2D eigenvalue weighted by molar-refractivity contribution is -0.150. The summed E-state index contributed by atoms with van der Waals surface area (Å²) in [6.07, 6.45) is 3.24. The Morgan fingerprint density at radius 2 is 1.79 bits per heavy atom. The summed E-state index contributed by atoms with van der Waals surface area (Å²) in [6, 6.07) is 1.77. The van der Waals surface area contributed by atoms with Crippen LogP contribution in [0.2, 0.25) is 0 Å². The number of ketones is 1. The van der Waals surface area contributed by atoms with Crippen molar-refractivity contribution in [3.8, 4) is 0 Å². The molecule has 1 N–H and O–H groups in total. The van der Waals surface area contributed by atoms with Gasteiger partial charge in [-0.3, -0.25) is 14.4 Å². The fourth-order valence-corrected chi connectivity index (χ4v) is 3.27. The summed E-state index contributed by atoms with van der Waals surface area (Å²) in [5.74, 6) is -0.275. The number of carbonyl (C=O) groups is 3. The monoisotopic (exact) mass is 332 g/mol. The molecule has 1 aliphatic carbocycles. The summed E-state index contributed by atoms with van der Waals surface area (Å²) in [5.41, 5.74) is 2.28. The summed E-state index contributed by atoms with van der Waals surface area (Å²) in [4.78, 5) is 41.2. The van der Waals surface area contributed by atoms with E-state index in [0.29, 0.717) is 31.5 Å². The molecule has 0 bridgehead atoms. The molecule has 1 aromatic rings. The minimum Gasteiger partial charge on any atom is -0.457 e. The highest BCUT2D eigenvalue weighted by Crippen LogP contribution is 2.32. The molecule has 24 heavy (non-hydrogen) atoms. The number of rotatable bonds is 5. The minimum atomic E-state index is -0.327. The number of nitrogens with one attached hydrogen (secondary N) is 1. The largest absolute Gasteiger partial charge is 0.457 e. The number of aryl methyl sites for hydroxylation is 2. The van der Waals surface area contributed by atoms with E-state index in [2.05, 4.69) is 4.98 Å². The number of hydrogen-bond donors (Lipinski definition) is 1. The molecule has 1 amide bonds. The lowest BCUT2D eigenvalue weighted by Crippen LogP contribution is -2.41. The van der Waals surface area contributed by atoms with Gasteiger partial charge in [-0.05, 0) is 45.6 Å². The Hall–Kier alpha value is -2.11. The average Bonchev–Trinajstić information content (AvgIpc) is 3.36. The fourth-order valence-electron chi connectivity index (χ4n) is 3.27. The van der Waals surface area contributed by atoms with Gasteiger partial charge >= 0.3 is 5.97 Å². The number of hydrogen-bond acceptors (Lipinski definition) is 4. The topological polar surface area (TPSA) is 79.5 Å². The van der Waals surface area contributed by atoms with Crippen molar-refractivity contribution in [2.24, 2.45) is 11.8 Å². The maximum atomic E-state index is 12.2. The number of Topliss-reactive ketones (excluding diaryl/α,β-unsaturated/α-hetero) is 1. The zero-order valence-corrected chi connectivity index (χ0v) is 14.3. The normalized spacial score (nSPS) is 18.5. The lowest BCUT2D eigenvalue weighted by atomic mass is 9.96. The van der Waals surface area contributed by atoms with Crippen molar-refractivity contribution in [1.82, 2.24) is 9.88 Å². The molecule has 6 nitrogen and oxygen atoms in total. The molecular formula is C18H24N2O4. The van der Waals surface area contributed by atoms with Crippen LogP contribution in [-0.4, -0.2) is 47.2 Å². The number of likely N-dealkylation sites (tertiary alicyclic amines) is 1. The Labute approximate surface area is 141 Å². The second kappa shape index (κ2) is 6.79. The highest BCUT2D eigenvalue weighted by atomic mass is 16.5. The molecule has 1 saturated carbocycles. The number of esters is 1. The second-order valence-corrected chi connectivity index (χ2v) is 6.90. The van der Waals surface area contributed by atoms with E-state index in [1.807, 2.05) is 18.7 Å². The van der Waals surface area contributed by atoms with Crippen molar-refractivity contribution in [2.75, 3.05) is 19.7 Å². The predicted molar refractivity (Wildman–Crippen MR) is 87.6 cm³/mol. The number of aromatic amines is 1. The molecule has 6 heteroatoms. The molecule has 1 aliphatic heterocycles. The Bertz CT molecular complexity index is 652. The number of aromatic nitrogens is 1. The van der Waals surface area contributed by atoms with Crippen molar-refractivity contribution in [1.29, 1.82) is 0 Å². The van der Waals surface area contributed by atoms with Gasteiger partial charge in [-0.25, -0.2) is 0 Å². The third-order valence-electron chi connectivity index (χ3n) is 4.86. The van der Waals surface area contributed by atoms with Gasteiger partial charge in [-0.1, -0.05) is 0 Å². The molecule has 0 aromatic carbocycles. The highest BCUT2D eigenvalue weighted by Gasteiger charge is 2.36. The molecule has 2 fully saturated rings. The van der Waals surface area contributed by atoms with Crippen LogP contribution in [-0.2, 0) is 14.3 Å². The van der Waals surface area contributed by atoms with E-state index in [4.69, 9.17) is 4.74 Å². The van der Waals surface area contributed by atoms with E-state index in [0.717, 1.165) is 24.2 Å². The quantitative estimate of drug-likeness (QED) is 0.661. The number of carbonyl (C=O) groups excluding carboxylic acids is 3. The van der Waals surface area contributed by atoms with Gasteiger partial charge in [0.2, 0.25) is 11.7 Å². The van der Waals surface area contributed by atoms with Crippen LogP contribution in [0.3, 0.4) is 0 Å². The maximum absolute atomic E-state index is 12.2. The van der Waals surface area contributed by atoms with Crippen LogP contribution in [0.4, 0.5) is 0 Å². The molecule has 0 unspecified atom stereocenters. The summed E-state index contributed by atoms with van der Waals surface area (Å²) in [7, 11) is 0. The van der Waals surface area contributed by atoms with Crippen LogP contribution in [0.25, 0.3) is 0 Å². The highest BCUT2D eigenvalue weighted by molar-refractivity contribution is 5.99. The smallest absolute Gasteiger partial charge is 0.309 e. The molecule has 1 saturated heterocycles. The third-order valence-corrected chi connectivity index (χ3v) is 4.86. The molecule has 130 valence electrons. The van der Waals surface area contributed by atoms with Crippen LogP contribution in [0.5, 0.6) is 0 Å². The lowest BCUT2D eigenvalue weighted by Gasteiger charge is -2.31. The van der Waals surface area contributed by atoms with Gasteiger partial charge in [0.1, 0.15) is 0 Å². The zero-order valence-electron chi connectivity index (χ0n) is 14.3. The maximum Gasteiger partial charge on any atom is 0.309 e. The van der Waals surface area contributed by atoms with Gasteiger partial charge in [0, 0.05) is 36.0 Å². The predicted octanol–water partition coefficient (Wildman–Crippen LogP) is 2.01. The van der Waals surface area contributed by atoms with E-state index < -0.39 is 0 Å². The Morgan fingerprint density at radius 3 is 2.33 bits per heavy atom. The third kappa shape index (κ3) is 3.68. The molecule has 2 aliphatic rings. The van der Waals surface area contributed by atoms with Gasteiger partial charge in [-0.2, -0.15) is 0 Å². The summed E-state index contributed by atoms with van der Waals surface area (Å²) in [6.45, 7) is 4.71. The summed E-state index contributed by atoms with van der Waals surface area (Å²) < 4.78 is 5.21. The van der Waals surface area contributed by atoms with Gasteiger partial charge in [-0.15, -0.1) is 0 Å². The van der Waals surface area contributed by atoms with Gasteiger partial charge in [0.25, 0.3) is 0 Å². The summed E-state index contributed by atoms with van der Waals surface area (Å²) in [5, 5.41) is 0. The number of H-pyrrole nitrogens is 1. The van der Waals surface area contributed by atoms with Gasteiger partial charge in [0.15, 0.2) is 6.61 Å². The molecule has 0 radical (unpaired) electrons. The van der Waals surface area contributed by atoms with Crippen molar-refractivity contribution < 1.29 is 19.1 Å². The van der Waals surface area contributed by atoms with Crippen LogP contribution in [0, 0.1) is 25.7 Å². The Morgan fingerprint density at radius 1 is 1.12 bits per heavy atom. The minimum absolute atomic E-state index is 0.188. The SMILES string of the molecule is Cc1cc(C(=O)COC(=O)C2CCN(C(=O)C3CC3)CC2)c(C)[nH]1. The number of nitrogens with zero attached hydrogens (tertiary/aromatic N) is 1. The van der Waals surface area contributed by atoms with Gasteiger partial charge in [0.05, 0.1) is 5.92 Å². The first kappa shape index (κ1) is 16.7. The molecule has 3 rings (SSSR count). The number of piperidine rings is 1. The molecule has 0 atom stereocenters. The van der Waals surface area contributed by atoms with E-state index in [1.54, 1.807) is 6.07 Å². The Kier molecular flexibility index (Phi) is 4.73. The second-order valence-electron chi connectivity index (χ2n) is 6.90. The van der Waals surface area contributed by atoms with E-state index in [1.165, 1.54) is 0 Å². The van der Waals surface area contributed by atoms with Crippen molar-refractivity contribution in [3.05, 3.63) is 23.0 Å². The van der Waals surface area contributed by atoms with Crippen molar-refractivity contribution in [2.45, 2.75) is 39.5 Å². The Balaban J connectivity index is 1.45.